The van der Waals surface area contributed by atoms with Crippen molar-refractivity contribution in [3.8, 4) is 34.5 Å². The molecule has 0 saturated carbocycles. The summed E-state index contributed by atoms with van der Waals surface area (Å²) in [5.74, 6) is 2.23. The summed E-state index contributed by atoms with van der Waals surface area (Å²) < 4.78 is 19.0. The summed E-state index contributed by atoms with van der Waals surface area (Å²) in [5, 5.41) is 12.5. The third-order valence-electron chi connectivity index (χ3n) is 3.34. The van der Waals surface area contributed by atoms with E-state index in [2.05, 4.69) is 31.2 Å². The summed E-state index contributed by atoms with van der Waals surface area (Å²) in [6, 6.07) is 5.51. The van der Waals surface area contributed by atoms with Gasteiger partial charge in [-0.15, -0.1) is 10.2 Å². The van der Waals surface area contributed by atoms with Crippen molar-refractivity contribution in [1.29, 1.82) is 0 Å². The fourth-order valence-electron chi connectivity index (χ4n) is 2.28. The Hall–Kier alpha value is -2.35. The average Bonchev–Trinajstić information content (AvgIpc) is 3.24. The Morgan fingerprint density at radius 3 is 2.86 bits per heavy atom. The third kappa shape index (κ3) is 2.07. The summed E-state index contributed by atoms with van der Waals surface area (Å²) >= 11 is 3.45. The molecular formula is C14H11BrN4O3. The average molecular weight is 363 g/mol. The number of benzene rings is 1. The summed E-state index contributed by atoms with van der Waals surface area (Å²) in [7, 11) is 0. The van der Waals surface area contributed by atoms with Crippen molar-refractivity contribution in [2.75, 3.05) is 6.79 Å². The minimum Gasteiger partial charge on any atom is -0.454 e. The molecule has 0 N–H and O–H groups in total. The van der Waals surface area contributed by atoms with Gasteiger partial charge in [0.15, 0.2) is 11.5 Å². The normalized spacial score (nSPS) is 12.8. The highest BCUT2D eigenvalue weighted by Crippen LogP contribution is 2.36. The predicted octanol–water partition coefficient (Wildman–Crippen LogP) is 3.11. The fraction of sp³-hybridized carbons (Fsp3) is 0.214. The van der Waals surface area contributed by atoms with Gasteiger partial charge in [-0.3, -0.25) is 4.68 Å². The van der Waals surface area contributed by atoms with Crippen LogP contribution in [0.1, 0.15) is 6.92 Å². The van der Waals surface area contributed by atoms with Crippen LogP contribution in [0.3, 0.4) is 0 Å². The van der Waals surface area contributed by atoms with E-state index in [0.29, 0.717) is 24.1 Å². The van der Waals surface area contributed by atoms with Gasteiger partial charge in [-0.25, -0.2) is 0 Å². The highest BCUT2D eigenvalue weighted by molar-refractivity contribution is 9.10. The smallest absolute Gasteiger partial charge is 0.267 e. The lowest BCUT2D eigenvalue weighted by Gasteiger charge is -2.00. The van der Waals surface area contributed by atoms with Crippen LogP contribution >= 0.6 is 15.9 Å². The Morgan fingerprint density at radius 2 is 2.00 bits per heavy atom. The summed E-state index contributed by atoms with van der Waals surface area (Å²) in [6.07, 6.45) is 1.71. The number of aromatic nitrogens is 4. The highest BCUT2D eigenvalue weighted by atomic mass is 79.9. The number of rotatable bonds is 3. The van der Waals surface area contributed by atoms with Crippen LogP contribution in [0.25, 0.3) is 23.0 Å². The molecule has 4 rings (SSSR count). The van der Waals surface area contributed by atoms with Gasteiger partial charge in [0.05, 0.1) is 10.7 Å². The quantitative estimate of drug-likeness (QED) is 0.712. The second-order valence-electron chi connectivity index (χ2n) is 4.64. The molecule has 0 aliphatic carbocycles. The number of fused-ring (bicyclic) bond motifs is 1. The predicted molar refractivity (Wildman–Crippen MR) is 80.5 cm³/mol. The molecule has 1 aliphatic heterocycles. The first-order valence-electron chi connectivity index (χ1n) is 6.71. The second kappa shape index (κ2) is 5.13. The van der Waals surface area contributed by atoms with E-state index in [4.69, 9.17) is 13.9 Å². The number of halogens is 1. The molecule has 3 heterocycles. The highest BCUT2D eigenvalue weighted by Gasteiger charge is 2.20. The Morgan fingerprint density at radius 1 is 1.18 bits per heavy atom. The van der Waals surface area contributed by atoms with Crippen LogP contribution in [-0.2, 0) is 6.54 Å². The molecule has 1 aliphatic rings. The number of hydrogen-bond donors (Lipinski definition) is 0. The van der Waals surface area contributed by atoms with Crippen LogP contribution in [0, 0.1) is 0 Å². The first-order valence-corrected chi connectivity index (χ1v) is 7.50. The fourth-order valence-corrected chi connectivity index (χ4v) is 2.75. The standard InChI is InChI=1S/C14H11BrN4O3/c1-2-19-12(9(15)6-16-19)14-18-17-13(22-14)8-3-4-10-11(5-8)21-7-20-10/h3-6H,2,7H2,1H3. The Balaban J connectivity index is 1.74. The van der Waals surface area contributed by atoms with E-state index in [0.717, 1.165) is 21.5 Å². The van der Waals surface area contributed by atoms with E-state index in [1.807, 2.05) is 25.1 Å². The van der Waals surface area contributed by atoms with Gasteiger partial charge in [0, 0.05) is 12.1 Å². The van der Waals surface area contributed by atoms with Crippen LogP contribution in [0.5, 0.6) is 11.5 Å². The third-order valence-corrected chi connectivity index (χ3v) is 3.92. The molecule has 0 amide bonds. The maximum atomic E-state index is 5.79. The number of nitrogens with zero attached hydrogens (tertiary/aromatic N) is 4. The molecule has 7 nitrogen and oxygen atoms in total. The van der Waals surface area contributed by atoms with Crippen LogP contribution in [0.4, 0.5) is 0 Å². The van der Waals surface area contributed by atoms with Crippen molar-refractivity contribution >= 4 is 15.9 Å². The van der Waals surface area contributed by atoms with Gasteiger partial charge in [0.1, 0.15) is 5.69 Å². The van der Waals surface area contributed by atoms with Gasteiger partial charge in [0.2, 0.25) is 12.7 Å². The van der Waals surface area contributed by atoms with Crippen LogP contribution < -0.4 is 9.47 Å². The summed E-state index contributed by atoms with van der Waals surface area (Å²) in [4.78, 5) is 0. The van der Waals surface area contributed by atoms with Crippen molar-refractivity contribution in [3.63, 3.8) is 0 Å². The first-order chi connectivity index (χ1) is 10.8. The van der Waals surface area contributed by atoms with Gasteiger partial charge < -0.3 is 13.9 Å². The molecule has 0 atom stereocenters. The second-order valence-corrected chi connectivity index (χ2v) is 5.49. The van der Waals surface area contributed by atoms with Crippen LogP contribution in [0.15, 0.2) is 33.3 Å². The van der Waals surface area contributed by atoms with E-state index < -0.39 is 0 Å². The zero-order valence-electron chi connectivity index (χ0n) is 11.6. The van der Waals surface area contributed by atoms with Crippen molar-refractivity contribution in [2.45, 2.75) is 13.5 Å². The molecule has 0 radical (unpaired) electrons. The SMILES string of the molecule is CCn1ncc(Br)c1-c1nnc(-c2ccc3c(c2)OCO3)o1. The molecule has 0 fully saturated rings. The van der Waals surface area contributed by atoms with Crippen molar-refractivity contribution in [1.82, 2.24) is 20.0 Å². The molecule has 2 aromatic heterocycles. The van der Waals surface area contributed by atoms with E-state index in [9.17, 15) is 0 Å². The van der Waals surface area contributed by atoms with E-state index in [1.54, 1.807) is 10.9 Å². The Kier molecular flexibility index (Phi) is 3.11. The van der Waals surface area contributed by atoms with Gasteiger partial charge in [-0.2, -0.15) is 5.10 Å². The molecule has 8 heteroatoms. The molecule has 0 saturated heterocycles. The van der Waals surface area contributed by atoms with Crippen LogP contribution in [0.2, 0.25) is 0 Å². The largest absolute Gasteiger partial charge is 0.454 e. The molecule has 112 valence electrons. The summed E-state index contributed by atoms with van der Waals surface area (Å²) in [5.41, 5.74) is 1.55. The van der Waals surface area contributed by atoms with E-state index >= 15 is 0 Å². The molecule has 1 aromatic carbocycles. The lowest BCUT2D eigenvalue weighted by atomic mass is 10.2. The molecule has 3 aromatic rings. The monoisotopic (exact) mass is 362 g/mol. The number of aryl methyl sites for hydroxylation is 1. The van der Waals surface area contributed by atoms with E-state index in [1.165, 1.54) is 0 Å². The van der Waals surface area contributed by atoms with Gasteiger partial charge in [-0.05, 0) is 41.1 Å². The molecule has 0 unspecified atom stereocenters. The first kappa shape index (κ1) is 13.3. The molecule has 0 spiro atoms. The zero-order valence-corrected chi connectivity index (χ0v) is 13.2. The minimum absolute atomic E-state index is 0.233. The van der Waals surface area contributed by atoms with E-state index in [-0.39, 0.29) is 6.79 Å². The van der Waals surface area contributed by atoms with Crippen molar-refractivity contribution in [3.05, 3.63) is 28.9 Å². The van der Waals surface area contributed by atoms with Gasteiger partial charge in [-0.1, -0.05) is 0 Å². The molecule has 0 bridgehead atoms. The lowest BCUT2D eigenvalue weighted by molar-refractivity contribution is 0.174. The van der Waals surface area contributed by atoms with Crippen molar-refractivity contribution < 1.29 is 13.9 Å². The summed E-state index contributed by atoms with van der Waals surface area (Å²) in [6.45, 7) is 2.94. The lowest BCUT2D eigenvalue weighted by Crippen LogP contribution is -1.99. The maximum Gasteiger partial charge on any atom is 0.267 e. The zero-order chi connectivity index (χ0) is 15.1. The van der Waals surface area contributed by atoms with Gasteiger partial charge in [0.25, 0.3) is 5.89 Å². The maximum absolute atomic E-state index is 5.79. The molecule has 22 heavy (non-hydrogen) atoms. The Bertz CT molecular complexity index is 842. The minimum atomic E-state index is 0.233. The molecular weight excluding hydrogens is 352 g/mol. The van der Waals surface area contributed by atoms with Crippen LogP contribution in [-0.4, -0.2) is 26.8 Å². The number of ether oxygens (including phenoxy) is 2. The Labute approximate surface area is 134 Å². The van der Waals surface area contributed by atoms with Crippen molar-refractivity contribution in [2.24, 2.45) is 0 Å². The number of hydrogen-bond acceptors (Lipinski definition) is 6. The topological polar surface area (TPSA) is 75.2 Å². The van der Waals surface area contributed by atoms with Gasteiger partial charge >= 0.3 is 0 Å².